The third-order valence-electron chi connectivity index (χ3n) is 3.65. The van der Waals surface area contributed by atoms with E-state index >= 15 is 0 Å². The first kappa shape index (κ1) is 17.5. The number of hydrogen-bond donors (Lipinski definition) is 1. The van der Waals surface area contributed by atoms with Crippen LogP contribution in [0.3, 0.4) is 0 Å². The van der Waals surface area contributed by atoms with Crippen LogP contribution in [0.2, 0.25) is 0 Å². The highest BCUT2D eigenvalue weighted by Crippen LogP contribution is 2.21. The number of benzene rings is 2. The largest absolute Gasteiger partial charge is 0.481 e. The third-order valence-corrected chi connectivity index (χ3v) is 4.37. The van der Waals surface area contributed by atoms with Gasteiger partial charge in [-0.25, -0.2) is 4.98 Å². The zero-order chi connectivity index (χ0) is 17.8. The summed E-state index contributed by atoms with van der Waals surface area (Å²) < 4.78 is 8.75. The lowest BCUT2D eigenvalue weighted by molar-refractivity contribution is -0.122. The average Bonchev–Trinajstić information content (AvgIpc) is 3.04. The Balaban J connectivity index is 1.61. The van der Waals surface area contributed by atoms with Crippen molar-refractivity contribution in [1.29, 1.82) is 0 Å². The summed E-state index contributed by atoms with van der Waals surface area (Å²) in [4.78, 5) is 16.6. The second-order valence-corrected chi connectivity index (χ2v) is 6.95. The number of anilines is 1. The van der Waals surface area contributed by atoms with Crippen molar-refractivity contribution in [2.45, 2.75) is 13.0 Å². The van der Waals surface area contributed by atoms with Gasteiger partial charge in [0.2, 0.25) is 0 Å². The summed E-state index contributed by atoms with van der Waals surface area (Å²) in [6.45, 7) is 1.73. The van der Waals surface area contributed by atoms with Crippen molar-refractivity contribution in [2.75, 3.05) is 5.32 Å². The number of rotatable bonds is 5. The van der Waals surface area contributed by atoms with Crippen molar-refractivity contribution < 1.29 is 9.53 Å². The number of nitrogens with zero attached hydrogens (tertiary/aromatic N) is 2. The molecular weight excluding hydrogens is 429 g/mol. The van der Waals surface area contributed by atoms with Crippen LogP contribution < -0.4 is 10.1 Å². The van der Waals surface area contributed by atoms with E-state index < -0.39 is 6.10 Å². The number of imidazole rings is 1. The Labute approximate surface area is 160 Å². The molecule has 5 nitrogen and oxygen atoms in total. The molecule has 3 aromatic rings. The van der Waals surface area contributed by atoms with Crippen LogP contribution in [0.25, 0.3) is 11.3 Å². The Hall–Kier alpha value is -2.35. The molecule has 1 N–H and O–H groups in total. The van der Waals surface area contributed by atoms with E-state index in [4.69, 9.17) is 4.74 Å². The van der Waals surface area contributed by atoms with Crippen molar-refractivity contribution >= 4 is 34.2 Å². The summed E-state index contributed by atoms with van der Waals surface area (Å²) >= 11 is 2.22. The molecule has 0 aliphatic rings. The molecule has 1 atom stereocenters. The van der Waals surface area contributed by atoms with Gasteiger partial charge >= 0.3 is 0 Å². The molecule has 0 saturated carbocycles. The molecule has 0 aliphatic carbocycles. The van der Waals surface area contributed by atoms with Gasteiger partial charge in [0, 0.05) is 28.1 Å². The Kier molecular flexibility index (Phi) is 5.37. The van der Waals surface area contributed by atoms with Gasteiger partial charge in [0.1, 0.15) is 5.75 Å². The van der Waals surface area contributed by atoms with E-state index in [1.54, 1.807) is 13.3 Å². The highest BCUT2D eigenvalue weighted by molar-refractivity contribution is 14.1. The zero-order valence-electron chi connectivity index (χ0n) is 13.9. The quantitative estimate of drug-likeness (QED) is 0.600. The van der Waals surface area contributed by atoms with Crippen LogP contribution in [0.15, 0.2) is 61.1 Å². The predicted molar refractivity (Wildman–Crippen MR) is 107 cm³/mol. The molecule has 0 aliphatic heterocycles. The Morgan fingerprint density at radius 3 is 2.44 bits per heavy atom. The van der Waals surface area contributed by atoms with E-state index in [1.807, 2.05) is 66.3 Å². The van der Waals surface area contributed by atoms with E-state index in [2.05, 4.69) is 32.9 Å². The van der Waals surface area contributed by atoms with Crippen molar-refractivity contribution in [2.24, 2.45) is 7.05 Å². The second kappa shape index (κ2) is 7.69. The van der Waals surface area contributed by atoms with E-state index in [9.17, 15) is 4.79 Å². The molecule has 2 aromatic carbocycles. The van der Waals surface area contributed by atoms with Gasteiger partial charge < -0.3 is 14.6 Å². The lowest BCUT2D eigenvalue weighted by Gasteiger charge is -2.15. The fraction of sp³-hybridized carbons (Fsp3) is 0.158. The first-order valence-electron chi connectivity index (χ1n) is 7.83. The minimum absolute atomic E-state index is 0.185. The fourth-order valence-electron chi connectivity index (χ4n) is 2.30. The lowest BCUT2D eigenvalue weighted by atomic mass is 10.1. The molecule has 128 valence electrons. The molecule has 6 heteroatoms. The standard InChI is InChI=1S/C19H18IN3O2/c1-13(19(24)22-16-7-5-15(20)6-8-16)25-17-9-3-14(4-10-17)18-11-23(2)12-21-18/h3-13H,1-2H3,(H,22,24). The Morgan fingerprint density at radius 1 is 1.16 bits per heavy atom. The predicted octanol–water partition coefficient (Wildman–Crippen LogP) is 4.10. The highest BCUT2D eigenvalue weighted by atomic mass is 127. The zero-order valence-corrected chi connectivity index (χ0v) is 16.1. The monoisotopic (exact) mass is 447 g/mol. The van der Waals surface area contributed by atoms with Gasteiger partial charge in [-0.1, -0.05) is 0 Å². The smallest absolute Gasteiger partial charge is 0.265 e. The number of ether oxygens (including phenoxy) is 1. The maximum absolute atomic E-state index is 12.2. The number of carbonyl (C=O) groups is 1. The van der Waals surface area contributed by atoms with E-state index in [1.165, 1.54) is 0 Å². The van der Waals surface area contributed by atoms with Crippen molar-refractivity contribution in [3.05, 3.63) is 64.6 Å². The third kappa shape index (κ3) is 4.60. The Bertz CT molecular complexity index is 857. The summed E-state index contributed by atoms with van der Waals surface area (Å²) in [6.07, 6.45) is 3.11. The molecule has 1 unspecified atom stereocenters. The summed E-state index contributed by atoms with van der Waals surface area (Å²) in [5, 5.41) is 2.85. The SMILES string of the molecule is CC(Oc1ccc(-c2cn(C)cn2)cc1)C(=O)Nc1ccc(I)cc1. The van der Waals surface area contributed by atoms with Gasteiger partial charge in [0.15, 0.2) is 6.10 Å². The van der Waals surface area contributed by atoms with Crippen LogP contribution >= 0.6 is 22.6 Å². The maximum atomic E-state index is 12.2. The summed E-state index contributed by atoms with van der Waals surface area (Å²) in [7, 11) is 1.93. The first-order valence-corrected chi connectivity index (χ1v) is 8.90. The molecular formula is C19H18IN3O2. The molecule has 0 radical (unpaired) electrons. The molecule has 0 spiro atoms. The van der Waals surface area contributed by atoms with Crippen LogP contribution in [0.5, 0.6) is 5.75 Å². The van der Waals surface area contributed by atoms with Crippen LogP contribution in [-0.4, -0.2) is 21.6 Å². The number of amides is 1. The van der Waals surface area contributed by atoms with Crippen molar-refractivity contribution in [1.82, 2.24) is 9.55 Å². The van der Waals surface area contributed by atoms with Gasteiger partial charge in [-0.15, -0.1) is 0 Å². The first-order chi connectivity index (χ1) is 12.0. The average molecular weight is 447 g/mol. The fourth-order valence-corrected chi connectivity index (χ4v) is 2.66. The molecule has 0 saturated heterocycles. The maximum Gasteiger partial charge on any atom is 0.265 e. The molecule has 0 fully saturated rings. The minimum atomic E-state index is -0.597. The summed E-state index contributed by atoms with van der Waals surface area (Å²) in [5.74, 6) is 0.458. The van der Waals surface area contributed by atoms with Gasteiger partial charge in [-0.05, 0) is 78.0 Å². The molecule has 3 rings (SSSR count). The number of aromatic nitrogens is 2. The van der Waals surface area contributed by atoms with Crippen molar-refractivity contribution in [3.63, 3.8) is 0 Å². The van der Waals surface area contributed by atoms with Crippen molar-refractivity contribution in [3.8, 4) is 17.0 Å². The number of carbonyl (C=O) groups excluding carboxylic acids is 1. The second-order valence-electron chi connectivity index (χ2n) is 5.70. The lowest BCUT2D eigenvalue weighted by Crippen LogP contribution is -2.30. The minimum Gasteiger partial charge on any atom is -0.481 e. The number of nitrogens with one attached hydrogen (secondary N) is 1. The molecule has 1 aromatic heterocycles. The molecule has 25 heavy (non-hydrogen) atoms. The summed E-state index contributed by atoms with van der Waals surface area (Å²) in [6, 6.07) is 15.2. The van der Waals surface area contributed by atoms with Gasteiger partial charge in [0.05, 0.1) is 12.0 Å². The number of aryl methyl sites for hydroxylation is 1. The number of halogens is 1. The van der Waals surface area contributed by atoms with Gasteiger partial charge in [-0.3, -0.25) is 4.79 Å². The van der Waals surface area contributed by atoms with Crippen LogP contribution in [-0.2, 0) is 11.8 Å². The molecule has 0 bridgehead atoms. The van der Waals surface area contributed by atoms with Crippen LogP contribution in [0.1, 0.15) is 6.92 Å². The summed E-state index contributed by atoms with van der Waals surface area (Å²) in [5.41, 5.74) is 2.66. The van der Waals surface area contributed by atoms with Gasteiger partial charge in [-0.2, -0.15) is 0 Å². The van der Waals surface area contributed by atoms with Gasteiger partial charge in [0.25, 0.3) is 5.91 Å². The topological polar surface area (TPSA) is 56.2 Å². The number of hydrogen-bond acceptors (Lipinski definition) is 3. The normalized spacial score (nSPS) is 11.8. The van der Waals surface area contributed by atoms with E-state index in [0.29, 0.717) is 5.75 Å². The van der Waals surface area contributed by atoms with E-state index in [0.717, 1.165) is 20.5 Å². The highest BCUT2D eigenvalue weighted by Gasteiger charge is 2.15. The van der Waals surface area contributed by atoms with Crippen LogP contribution in [0.4, 0.5) is 5.69 Å². The van der Waals surface area contributed by atoms with E-state index in [-0.39, 0.29) is 5.91 Å². The Morgan fingerprint density at radius 2 is 1.84 bits per heavy atom. The molecule has 1 heterocycles. The van der Waals surface area contributed by atoms with Crippen LogP contribution in [0, 0.1) is 3.57 Å². The molecule has 1 amide bonds.